The Bertz CT molecular complexity index is 1220. The van der Waals surface area contributed by atoms with Gasteiger partial charge in [0.15, 0.2) is 0 Å². The van der Waals surface area contributed by atoms with Gasteiger partial charge in [-0.15, -0.1) is 11.3 Å². The molecule has 0 atom stereocenters. The summed E-state index contributed by atoms with van der Waals surface area (Å²) in [4.78, 5) is 25.3. The number of rotatable bonds is 6. The third kappa shape index (κ3) is 4.37. The van der Waals surface area contributed by atoms with E-state index < -0.39 is 0 Å². The number of halogens is 1. The maximum Gasteiger partial charge on any atom is 0.263 e. The van der Waals surface area contributed by atoms with Gasteiger partial charge in [0, 0.05) is 16.2 Å². The van der Waals surface area contributed by atoms with Crippen LogP contribution in [0.3, 0.4) is 0 Å². The Morgan fingerprint density at radius 1 is 1.10 bits per heavy atom. The van der Waals surface area contributed by atoms with Crippen molar-refractivity contribution in [1.29, 1.82) is 0 Å². The van der Waals surface area contributed by atoms with E-state index in [0.29, 0.717) is 22.3 Å². The normalized spacial score (nSPS) is 10.9. The third-order valence-corrected chi connectivity index (χ3v) is 6.17. The molecule has 0 aliphatic carbocycles. The van der Waals surface area contributed by atoms with Crippen molar-refractivity contribution in [2.24, 2.45) is 0 Å². The standard InChI is InChI=1S/C22H19ClN4O2S/c1-14-11-18(27(26-14)13-15-7-3-2-4-8-15)25-19(28)12-24-22(29)21-20(23)16-9-5-6-10-17(16)30-21/h2-11H,12-13H2,1H3,(H,24,29)(H,25,28). The number of nitrogens with one attached hydrogen (secondary N) is 2. The van der Waals surface area contributed by atoms with Gasteiger partial charge in [0.25, 0.3) is 5.91 Å². The first kappa shape index (κ1) is 20.1. The van der Waals surface area contributed by atoms with Crippen LogP contribution in [0, 0.1) is 6.92 Å². The van der Waals surface area contributed by atoms with E-state index in [-0.39, 0.29) is 18.4 Å². The highest BCUT2D eigenvalue weighted by atomic mass is 35.5. The second kappa shape index (κ2) is 8.69. The fraction of sp³-hybridized carbons (Fsp3) is 0.136. The summed E-state index contributed by atoms with van der Waals surface area (Å²) in [5, 5.41) is 11.1. The molecular formula is C22H19ClN4O2S. The number of carbonyl (C=O) groups is 2. The lowest BCUT2D eigenvalue weighted by Crippen LogP contribution is -2.33. The number of hydrogen-bond donors (Lipinski definition) is 2. The van der Waals surface area contributed by atoms with Crippen LogP contribution in [0.25, 0.3) is 10.1 Å². The summed E-state index contributed by atoms with van der Waals surface area (Å²) in [5.41, 5.74) is 1.87. The van der Waals surface area contributed by atoms with Crippen LogP contribution in [0.5, 0.6) is 0 Å². The molecule has 4 aromatic rings. The van der Waals surface area contributed by atoms with Crippen molar-refractivity contribution in [3.8, 4) is 0 Å². The van der Waals surface area contributed by atoms with E-state index in [9.17, 15) is 9.59 Å². The summed E-state index contributed by atoms with van der Waals surface area (Å²) in [6.45, 7) is 2.23. The van der Waals surface area contributed by atoms with E-state index in [1.165, 1.54) is 11.3 Å². The smallest absolute Gasteiger partial charge is 0.263 e. The molecule has 2 aromatic heterocycles. The largest absolute Gasteiger partial charge is 0.342 e. The van der Waals surface area contributed by atoms with Gasteiger partial charge in [-0.25, -0.2) is 4.68 Å². The SMILES string of the molecule is Cc1cc(NC(=O)CNC(=O)c2sc3ccccc3c2Cl)n(Cc2ccccc2)n1. The summed E-state index contributed by atoms with van der Waals surface area (Å²) in [7, 11) is 0. The number of fused-ring (bicyclic) bond motifs is 1. The first-order chi connectivity index (χ1) is 14.5. The quantitative estimate of drug-likeness (QED) is 0.466. The van der Waals surface area contributed by atoms with Gasteiger partial charge in [-0.2, -0.15) is 5.10 Å². The zero-order valence-electron chi connectivity index (χ0n) is 16.2. The second-order valence-corrected chi connectivity index (χ2v) is 8.22. The lowest BCUT2D eigenvalue weighted by atomic mass is 10.2. The fourth-order valence-electron chi connectivity index (χ4n) is 3.11. The second-order valence-electron chi connectivity index (χ2n) is 6.79. The Morgan fingerprint density at radius 3 is 2.60 bits per heavy atom. The minimum atomic E-state index is -0.370. The fourth-order valence-corrected chi connectivity index (χ4v) is 4.54. The van der Waals surface area contributed by atoms with Crippen molar-refractivity contribution >= 4 is 50.7 Å². The first-order valence-corrected chi connectivity index (χ1v) is 10.5. The Morgan fingerprint density at radius 2 is 1.83 bits per heavy atom. The van der Waals surface area contributed by atoms with Gasteiger partial charge in [-0.05, 0) is 18.6 Å². The molecule has 0 aliphatic heterocycles. The minimum absolute atomic E-state index is 0.168. The molecular weight excluding hydrogens is 420 g/mol. The number of thiophene rings is 1. The maximum atomic E-state index is 12.5. The molecule has 0 spiro atoms. The van der Waals surface area contributed by atoms with Crippen molar-refractivity contribution in [2.45, 2.75) is 13.5 Å². The number of aromatic nitrogens is 2. The molecule has 4 rings (SSSR count). The number of nitrogens with zero attached hydrogens (tertiary/aromatic N) is 2. The highest BCUT2D eigenvalue weighted by molar-refractivity contribution is 7.21. The van der Waals surface area contributed by atoms with Crippen LogP contribution in [-0.4, -0.2) is 28.1 Å². The Hall–Kier alpha value is -3.16. The summed E-state index contributed by atoms with van der Waals surface area (Å²) in [6.07, 6.45) is 0. The Labute approximate surface area is 182 Å². The van der Waals surface area contributed by atoms with Crippen LogP contribution in [0.15, 0.2) is 60.7 Å². The zero-order valence-corrected chi connectivity index (χ0v) is 17.8. The average molecular weight is 439 g/mol. The molecule has 2 aromatic carbocycles. The van der Waals surface area contributed by atoms with Crippen molar-refractivity contribution < 1.29 is 9.59 Å². The molecule has 0 aliphatic rings. The van der Waals surface area contributed by atoms with E-state index in [0.717, 1.165) is 21.3 Å². The van der Waals surface area contributed by atoms with Crippen molar-refractivity contribution in [2.75, 3.05) is 11.9 Å². The Kier molecular flexibility index (Phi) is 5.83. The molecule has 2 N–H and O–H groups in total. The summed E-state index contributed by atoms with van der Waals surface area (Å²) < 4.78 is 2.66. The van der Waals surface area contributed by atoms with E-state index in [1.807, 2.05) is 61.5 Å². The number of aryl methyl sites for hydroxylation is 1. The maximum absolute atomic E-state index is 12.5. The number of benzene rings is 2. The van der Waals surface area contributed by atoms with Crippen molar-refractivity contribution in [3.63, 3.8) is 0 Å². The van der Waals surface area contributed by atoms with E-state index in [4.69, 9.17) is 11.6 Å². The molecule has 8 heteroatoms. The van der Waals surface area contributed by atoms with Crippen LogP contribution < -0.4 is 10.6 Å². The summed E-state index contributed by atoms with van der Waals surface area (Å²) in [6, 6.07) is 19.2. The number of carbonyl (C=O) groups excluding carboxylic acids is 2. The Balaban J connectivity index is 1.40. The third-order valence-electron chi connectivity index (χ3n) is 4.50. The monoisotopic (exact) mass is 438 g/mol. The highest BCUT2D eigenvalue weighted by Gasteiger charge is 2.18. The molecule has 2 heterocycles. The molecule has 30 heavy (non-hydrogen) atoms. The molecule has 6 nitrogen and oxygen atoms in total. The van der Waals surface area contributed by atoms with Crippen LogP contribution in [-0.2, 0) is 11.3 Å². The molecule has 0 saturated carbocycles. The molecule has 2 amide bonds. The number of amides is 2. The van der Waals surface area contributed by atoms with Gasteiger partial charge in [-0.3, -0.25) is 9.59 Å². The summed E-state index contributed by atoms with van der Waals surface area (Å²) >= 11 is 7.64. The number of hydrogen-bond acceptors (Lipinski definition) is 4. The van der Waals surface area contributed by atoms with Gasteiger partial charge < -0.3 is 10.6 Å². The van der Waals surface area contributed by atoms with Crippen molar-refractivity contribution in [1.82, 2.24) is 15.1 Å². The molecule has 0 bridgehead atoms. The van der Waals surface area contributed by atoms with Crippen molar-refractivity contribution in [3.05, 3.63) is 81.8 Å². The highest BCUT2D eigenvalue weighted by Crippen LogP contribution is 2.34. The van der Waals surface area contributed by atoms with Gasteiger partial charge in [0.1, 0.15) is 10.7 Å². The molecule has 0 saturated heterocycles. The average Bonchev–Trinajstić information content (AvgIpc) is 3.26. The van der Waals surface area contributed by atoms with E-state index >= 15 is 0 Å². The molecule has 0 unspecified atom stereocenters. The van der Waals surface area contributed by atoms with Crippen LogP contribution >= 0.6 is 22.9 Å². The summed E-state index contributed by atoms with van der Waals surface area (Å²) in [5.74, 6) is -0.129. The lowest BCUT2D eigenvalue weighted by Gasteiger charge is -2.09. The van der Waals surface area contributed by atoms with Crippen LogP contribution in [0.4, 0.5) is 5.82 Å². The van der Waals surface area contributed by atoms with Gasteiger partial charge in [0.05, 0.1) is 23.8 Å². The topological polar surface area (TPSA) is 76.0 Å². The van der Waals surface area contributed by atoms with Crippen LogP contribution in [0.1, 0.15) is 20.9 Å². The first-order valence-electron chi connectivity index (χ1n) is 9.34. The predicted octanol–water partition coefficient (Wildman–Crippen LogP) is 4.48. The zero-order chi connectivity index (χ0) is 21.1. The molecule has 0 fully saturated rings. The van der Waals surface area contributed by atoms with Gasteiger partial charge in [0.2, 0.25) is 5.91 Å². The van der Waals surface area contributed by atoms with E-state index in [1.54, 1.807) is 10.7 Å². The van der Waals surface area contributed by atoms with Gasteiger partial charge in [-0.1, -0.05) is 60.1 Å². The van der Waals surface area contributed by atoms with E-state index in [2.05, 4.69) is 15.7 Å². The predicted molar refractivity (Wildman–Crippen MR) is 120 cm³/mol. The number of anilines is 1. The lowest BCUT2D eigenvalue weighted by molar-refractivity contribution is -0.115. The van der Waals surface area contributed by atoms with Gasteiger partial charge >= 0.3 is 0 Å². The van der Waals surface area contributed by atoms with Crippen LogP contribution in [0.2, 0.25) is 5.02 Å². The molecule has 152 valence electrons. The minimum Gasteiger partial charge on any atom is -0.342 e. The molecule has 0 radical (unpaired) electrons.